The van der Waals surface area contributed by atoms with Crippen LogP contribution in [0.1, 0.15) is 17.0 Å². The van der Waals surface area contributed by atoms with Gasteiger partial charge in [-0.3, -0.25) is 4.99 Å². The highest BCUT2D eigenvalue weighted by Crippen LogP contribution is 2.35. The first-order valence-electron chi connectivity index (χ1n) is 8.32. The van der Waals surface area contributed by atoms with Crippen LogP contribution in [0.25, 0.3) is 0 Å². The summed E-state index contributed by atoms with van der Waals surface area (Å²) in [5, 5.41) is 0. The maximum atomic E-state index is 5.04. The van der Waals surface area contributed by atoms with Gasteiger partial charge in [-0.25, -0.2) is 0 Å². The van der Waals surface area contributed by atoms with Crippen molar-refractivity contribution in [1.82, 2.24) is 0 Å². The Bertz CT molecular complexity index is 853. The fraction of sp³-hybridized carbons (Fsp3) is 0.136. The summed E-state index contributed by atoms with van der Waals surface area (Å²) in [4.78, 5) is 7.37. The van der Waals surface area contributed by atoms with Crippen LogP contribution in [-0.2, 0) is 0 Å². The van der Waals surface area contributed by atoms with Gasteiger partial charge >= 0.3 is 0 Å². The zero-order chi connectivity index (χ0) is 16.4. The van der Waals surface area contributed by atoms with Crippen LogP contribution >= 0.6 is 0 Å². The molecule has 2 heteroatoms. The highest BCUT2D eigenvalue weighted by Gasteiger charge is 2.29. The number of benzene rings is 3. The second-order valence-corrected chi connectivity index (χ2v) is 6.19. The Kier molecular flexibility index (Phi) is 3.87. The molecule has 1 unspecified atom stereocenters. The smallest absolute Gasteiger partial charge is 0.0633 e. The highest BCUT2D eigenvalue weighted by molar-refractivity contribution is 6.12. The molecule has 2 nitrogen and oxygen atoms in total. The van der Waals surface area contributed by atoms with Crippen LogP contribution in [0.4, 0.5) is 11.4 Å². The van der Waals surface area contributed by atoms with Gasteiger partial charge in [-0.2, -0.15) is 0 Å². The van der Waals surface area contributed by atoms with Crippen molar-refractivity contribution in [1.29, 1.82) is 0 Å². The van der Waals surface area contributed by atoms with Gasteiger partial charge < -0.3 is 4.90 Å². The van der Waals surface area contributed by atoms with E-state index in [2.05, 4.69) is 78.7 Å². The number of rotatable bonds is 2. The van der Waals surface area contributed by atoms with Crippen LogP contribution < -0.4 is 4.90 Å². The molecule has 0 spiro atoms. The number of aliphatic imine (C=N–C) groups is 1. The quantitative estimate of drug-likeness (QED) is 0.647. The third kappa shape index (κ3) is 2.71. The molecule has 0 aromatic heterocycles. The lowest BCUT2D eigenvalue weighted by molar-refractivity contribution is 0.803. The van der Waals surface area contributed by atoms with Crippen molar-refractivity contribution < 1.29 is 0 Å². The SMILES string of the molecule is CN1CC(c2ccccc2)C(=Nc2ccccc2)c2ccccc21. The van der Waals surface area contributed by atoms with Crippen molar-refractivity contribution >= 4 is 17.1 Å². The van der Waals surface area contributed by atoms with Crippen molar-refractivity contribution in [3.63, 3.8) is 0 Å². The number of para-hydroxylation sites is 2. The van der Waals surface area contributed by atoms with Gasteiger partial charge in [0.15, 0.2) is 0 Å². The number of anilines is 1. The first-order chi connectivity index (χ1) is 11.8. The van der Waals surface area contributed by atoms with E-state index in [-0.39, 0.29) is 5.92 Å². The molecule has 3 aromatic rings. The summed E-state index contributed by atoms with van der Waals surface area (Å²) in [5.74, 6) is 0.270. The Morgan fingerprint density at radius 2 is 1.42 bits per heavy atom. The van der Waals surface area contributed by atoms with Gasteiger partial charge in [-0.05, 0) is 23.8 Å². The van der Waals surface area contributed by atoms with E-state index in [9.17, 15) is 0 Å². The number of nitrogens with zero attached hydrogens (tertiary/aromatic N) is 2. The van der Waals surface area contributed by atoms with E-state index in [1.165, 1.54) is 16.8 Å². The Morgan fingerprint density at radius 1 is 0.792 bits per heavy atom. The monoisotopic (exact) mass is 312 g/mol. The minimum Gasteiger partial charge on any atom is -0.373 e. The molecule has 1 aliphatic rings. The van der Waals surface area contributed by atoms with E-state index in [0.717, 1.165) is 17.9 Å². The average molecular weight is 312 g/mol. The van der Waals surface area contributed by atoms with Crippen molar-refractivity contribution in [3.05, 3.63) is 96.1 Å². The van der Waals surface area contributed by atoms with E-state index in [0.29, 0.717) is 0 Å². The molecule has 0 N–H and O–H groups in total. The van der Waals surface area contributed by atoms with E-state index < -0.39 is 0 Å². The summed E-state index contributed by atoms with van der Waals surface area (Å²) in [7, 11) is 2.16. The third-order valence-corrected chi connectivity index (χ3v) is 4.59. The predicted octanol–water partition coefficient (Wildman–Crippen LogP) is 5.04. The summed E-state index contributed by atoms with van der Waals surface area (Å²) < 4.78 is 0. The Balaban J connectivity index is 1.89. The highest BCUT2D eigenvalue weighted by atomic mass is 15.1. The molecular weight excluding hydrogens is 292 g/mol. The fourth-order valence-electron chi connectivity index (χ4n) is 3.40. The van der Waals surface area contributed by atoms with E-state index in [4.69, 9.17) is 4.99 Å². The molecule has 118 valence electrons. The third-order valence-electron chi connectivity index (χ3n) is 4.59. The van der Waals surface area contributed by atoms with Gasteiger partial charge in [0.05, 0.1) is 11.4 Å². The van der Waals surface area contributed by atoms with Crippen molar-refractivity contribution in [3.8, 4) is 0 Å². The normalized spacial score (nSPS) is 18.5. The summed E-state index contributed by atoms with van der Waals surface area (Å²) in [6, 6.07) is 29.5. The van der Waals surface area contributed by atoms with Crippen molar-refractivity contribution in [2.45, 2.75) is 5.92 Å². The van der Waals surface area contributed by atoms with Crippen LogP contribution in [0.15, 0.2) is 89.9 Å². The number of likely N-dealkylation sites (N-methyl/N-ethyl adjacent to an activating group) is 1. The summed E-state index contributed by atoms with van der Waals surface area (Å²) >= 11 is 0. The van der Waals surface area contributed by atoms with E-state index in [1.807, 2.05) is 18.2 Å². The molecule has 0 saturated carbocycles. The number of hydrogen-bond acceptors (Lipinski definition) is 2. The minimum atomic E-state index is 0.270. The summed E-state index contributed by atoms with van der Waals surface area (Å²) in [6.45, 7) is 0.937. The van der Waals surface area contributed by atoms with Crippen LogP contribution in [-0.4, -0.2) is 19.3 Å². The lowest BCUT2D eigenvalue weighted by Gasteiger charge is -2.35. The summed E-state index contributed by atoms with van der Waals surface area (Å²) in [6.07, 6.45) is 0. The van der Waals surface area contributed by atoms with Gasteiger partial charge in [0, 0.05) is 30.8 Å². The lowest BCUT2D eigenvalue weighted by atomic mass is 9.85. The van der Waals surface area contributed by atoms with Crippen LogP contribution in [0, 0.1) is 0 Å². The Labute approximate surface area is 143 Å². The van der Waals surface area contributed by atoms with E-state index in [1.54, 1.807) is 0 Å². The molecule has 3 aromatic carbocycles. The largest absolute Gasteiger partial charge is 0.373 e. The second-order valence-electron chi connectivity index (χ2n) is 6.19. The Morgan fingerprint density at radius 3 is 2.17 bits per heavy atom. The molecule has 1 atom stereocenters. The molecule has 24 heavy (non-hydrogen) atoms. The topological polar surface area (TPSA) is 15.6 Å². The maximum absolute atomic E-state index is 5.04. The van der Waals surface area contributed by atoms with Crippen molar-refractivity contribution in [2.24, 2.45) is 4.99 Å². The standard InChI is InChI=1S/C22H20N2/c1-24-16-20(17-10-4-2-5-11-17)22(19-14-8-9-15-21(19)24)23-18-12-6-3-7-13-18/h2-15,20H,16H2,1H3. The average Bonchev–Trinajstić information content (AvgIpc) is 2.65. The fourth-order valence-corrected chi connectivity index (χ4v) is 3.40. The van der Waals surface area contributed by atoms with Crippen LogP contribution in [0.3, 0.4) is 0 Å². The molecule has 1 heterocycles. The molecule has 0 fully saturated rings. The van der Waals surface area contributed by atoms with Crippen LogP contribution in [0.2, 0.25) is 0 Å². The number of hydrogen-bond donors (Lipinski definition) is 0. The van der Waals surface area contributed by atoms with Crippen molar-refractivity contribution in [2.75, 3.05) is 18.5 Å². The molecule has 0 aliphatic carbocycles. The van der Waals surface area contributed by atoms with Gasteiger partial charge in [-0.15, -0.1) is 0 Å². The van der Waals surface area contributed by atoms with Gasteiger partial charge in [-0.1, -0.05) is 66.7 Å². The zero-order valence-corrected chi connectivity index (χ0v) is 13.8. The van der Waals surface area contributed by atoms with Gasteiger partial charge in [0.25, 0.3) is 0 Å². The van der Waals surface area contributed by atoms with Crippen LogP contribution in [0.5, 0.6) is 0 Å². The molecule has 4 rings (SSSR count). The Hall–Kier alpha value is -2.87. The first-order valence-corrected chi connectivity index (χ1v) is 8.32. The first kappa shape index (κ1) is 14.7. The second kappa shape index (κ2) is 6.32. The van der Waals surface area contributed by atoms with Gasteiger partial charge in [0.2, 0.25) is 0 Å². The minimum absolute atomic E-state index is 0.270. The molecule has 0 radical (unpaired) electrons. The molecule has 0 saturated heterocycles. The lowest BCUT2D eigenvalue weighted by Crippen LogP contribution is -2.35. The summed E-state index contributed by atoms with van der Waals surface area (Å²) in [5.41, 5.74) is 5.95. The van der Waals surface area contributed by atoms with E-state index >= 15 is 0 Å². The van der Waals surface area contributed by atoms with Gasteiger partial charge in [0.1, 0.15) is 0 Å². The molecular formula is C22H20N2. The predicted molar refractivity (Wildman–Crippen MR) is 102 cm³/mol. The molecule has 1 aliphatic heterocycles. The molecule has 0 amide bonds. The molecule has 0 bridgehead atoms. The number of fused-ring (bicyclic) bond motifs is 1. The maximum Gasteiger partial charge on any atom is 0.0633 e. The zero-order valence-electron chi connectivity index (χ0n) is 13.8.